The number of nitrogens with one attached hydrogen (secondary N) is 1. The molecule has 110 valence electrons. The average Bonchev–Trinajstić information content (AvgIpc) is 2.47. The van der Waals surface area contributed by atoms with Crippen LogP contribution < -0.4 is 5.32 Å². The van der Waals surface area contributed by atoms with Crippen LogP contribution in [0.25, 0.3) is 0 Å². The predicted molar refractivity (Wildman–Crippen MR) is 84.1 cm³/mol. The van der Waals surface area contributed by atoms with Crippen LogP contribution in [0.1, 0.15) is 17.3 Å². The van der Waals surface area contributed by atoms with Crippen molar-refractivity contribution in [2.45, 2.75) is 11.8 Å². The SMILES string of the molecule is CCS(=O)(=O)c1ccccc1NC(=O)c1cncc(Br)c1. The van der Waals surface area contributed by atoms with Gasteiger partial charge in [0.05, 0.1) is 21.9 Å². The molecule has 0 unspecified atom stereocenters. The fraction of sp³-hybridized carbons (Fsp3) is 0.143. The second-order valence-electron chi connectivity index (χ2n) is 4.25. The first-order valence-electron chi connectivity index (χ1n) is 6.17. The Morgan fingerprint density at radius 3 is 2.67 bits per heavy atom. The molecule has 7 heteroatoms. The number of benzene rings is 1. The molecule has 0 aliphatic rings. The van der Waals surface area contributed by atoms with Gasteiger partial charge in [0.2, 0.25) is 0 Å². The van der Waals surface area contributed by atoms with Gasteiger partial charge in [0, 0.05) is 16.9 Å². The molecule has 0 radical (unpaired) electrons. The van der Waals surface area contributed by atoms with E-state index in [4.69, 9.17) is 0 Å². The normalized spacial score (nSPS) is 11.1. The highest BCUT2D eigenvalue weighted by molar-refractivity contribution is 9.10. The maximum Gasteiger partial charge on any atom is 0.257 e. The van der Waals surface area contributed by atoms with Crippen LogP contribution >= 0.6 is 15.9 Å². The molecule has 0 fully saturated rings. The van der Waals surface area contributed by atoms with Crippen molar-refractivity contribution in [2.24, 2.45) is 0 Å². The Bertz CT molecular complexity index is 775. The van der Waals surface area contributed by atoms with Gasteiger partial charge in [-0.3, -0.25) is 9.78 Å². The van der Waals surface area contributed by atoms with Crippen molar-refractivity contribution < 1.29 is 13.2 Å². The number of para-hydroxylation sites is 1. The molecule has 0 spiro atoms. The standard InChI is InChI=1S/C14H13BrN2O3S/c1-2-21(19,20)13-6-4-3-5-12(13)17-14(18)10-7-11(15)9-16-8-10/h3-9H,2H2,1H3,(H,17,18). The van der Waals surface area contributed by atoms with E-state index >= 15 is 0 Å². The average molecular weight is 369 g/mol. The summed E-state index contributed by atoms with van der Waals surface area (Å²) >= 11 is 3.23. The number of nitrogens with zero attached hydrogens (tertiary/aromatic N) is 1. The first-order chi connectivity index (χ1) is 9.94. The van der Waals surface area contributed by atoms with Crippen molar-refractivity contribution >= 4 is 37.4 Å². The second-order valence-corrected chi connectivity index (χ2v) is 7.41. The molecular formula is C14H13BrN2O3S. The Morgan fingerprint density at radius 2 is 2.00 bits per heavy atom. The summed E-state index contributed by atoms with van der Waals surface area (Å²) in [6, 6.07) is 7.95. The molecule has 1 aromatic carbocycles. The fourth-order valence-electron chi connectivity index (χ4n) is 1.73. The number of aromatic nitrogens is 1. The Labute approximate surface area is 131 Å². The third kappa shape index (κ3) is 3.68. The van der Waals surface area contributed by atoms with E-state index in [1.165, 1.54) is 12.3 Å². The van der Waals surface area contributed by atoms with E-state index in [9.17, 15) is 13.2 Å². The van der Waals surface area contributed by atoms with Crippen LogP contribution in [0, 0.1) is 0 Å². The van der Waals surface area contributed by atoms with Crippen molar-refractivity contribution in [1.82, 2.24) is 4.98 Å². The van der Waals surface area contributed by atoms with Gasteiger partial charge in [0.25, 0.3) is 5.91 Å². The monoisotopic (exact) mass is 368 g/mol. The van der Waals surface area contributed by atoms with E-state index in [0.717, 1.165) is 0 Å². The number of rotatable bonds is 4. The molecule has 0 bridgehead atoms. The Hall–Kier alpha value is -1.73. The van der Waals surface area contributed by atoms with Crippen molar-refractivity contribution in [2.75, 3.05) is 11.1 Å². The number of pyridine rings is 1. The van der Waals surface area contributed by atoms with Crippen LogP contribution in [0.3, 0.4) is 0 Å². The molecule has 2 aromatic rings. The highest BCUT2D eigenvalue weighted by Crippen LogP contribution is 2.22. The molecule has 1 N–H and O–H groups in total. The van der Waals surface area contributed by atoms with Crippen molar-refractivity contribution in [3.8, 4) is 0 Å². The van der Waals surface area contributed by atoms with Gasteiger partial charge in [-0.2, -0.15) is 0 Å². The van der Waals surface area contributed by atoms with Crippen LogP contribution in [0.4, 0.5) is 5.69 Å². The molecule has 1 heterocycles. The van der Waals surface area contributed by atoms with Crippen molar-refractivity contribution in [3.63, 3.8) is 0 Å². The van der Waals surface area contributed by atoms with E-state index in [0.29, 0.717) is 10.0 Å². The maximum absolute atomic E-state index is 12.2. The van der Waals surface area contributed by atoms with Gasteiger partial charge in [0.15, 0.2) is 9.84 Å². The number of hydrogen-bond acceptors (Lipinski definition) is 4. The summed E-state index contributed by atoms with van der Waals surface area (Å²) < 4.78 is 24.7. The number of halogens is 1. The molecular weight excluding hydrogens is 356 g/mol. The van der Waals surface area contributed by atoms with Crippen LogP contribution in [0.15, 0.2) is 52.1 Å². The molecule has 0 aliphatic heterocycles. The highest BCUT2D eigenvalue weighted by atomic mass is 79.9. The van der Waals surface area contributed by atoms with E-state index in [1.54, 1.807) is 37.4 Å². The molecule has 5 nitrogen and oxygen atoms in total. The van der Waals surface area contributed by atoms with Crippen molar-refractivity contribution in [1.29, 1.82) is 0 Å². The minimum absolute atomic E-state index is 0.0294. The van der Waals surface area contributed by atoms with E-state index < -0.39 is 15.7 Å². The molecule has 0 saturated carbocycles. The van der Waals surface area contributed by atoms with Gasteiger partial charge in [-0.15, -0.1) is 0 Å². The predicted octanol–water partition coefficient (Wildman–Crippen LogP) is 2.89. The lowest BCUT2D eigenvalue weighted by atomic mass is 10.2. The highest BCUT2D eigenvalue weighted by Gasteiger charge is 2.18. The second kappa shape index (κ2) is 6.36. The molecule has 0 atom stereocenters. The third-order valence-electron chi connectivity index (χ3n) is 2.82. The number of anilines is 1. The largest absolute Gasteiger partial charge is 0.321 e. The smallest absolute Gasteiger partial charge is 0.257 e. The lowest BCUT2D eigenvalue weighted by Gasteiger charge is -2.10. The van der Waals surface area contributed by atoms with Crippen LogP contribution in [-0.4, -0.2) is 25.1 Å². The Kier molecular flexibility index (Phi) is 4.74. The van der Waals surface area contributed by atoms with Gasteiger partial charge < -0.3 is 5.32 Å². The zero-order chi connectivity index (χ0) is 15.5. The van der Waals surface area contributed by atoms with Gasteiger partial charge in [0.1, 0.15) is 0 Å². The van der Waals surface area contributed by atoms with E-state index in [1.807, 2.05) is 0 Å². The summed E-state index contributed by atoms with van der Waals surface area (Å²) in [5, 5.41) is 2.62. The molecule has 2 rings (SSSR count). The Balaban J connectivity index is 2.35. The topological polar surface area (TPSA) is 76.1 Å². The number of hydrogen-bond donors (Lipinski definition) is 1. The van der Waals surface area contributed by atoms with Crippen LogP contribution in [0.2, 0.25) is 0 Å². The third-order valence-corrected chi connectivity index (χ3v) is 5.04. The first kappa shape index (κ1) is 15.7. The summed E-state index contributed by atoms with van der Waals surface area (Å²) in [4.78, 5) is 16.2. The zero-order valence-electron chi connectivity index (χ0n) is 11.2. The molecule has 21 heavy (non-hydrogen) atoms. The number of carbonyl (C=O) groups is 1. The van der Waals surface area contributed by atoms with Crippen LogP contribution in [0.5, 0.6) is 0 Å². The van der Waals surface area contributed by atoms with E-state index in [-0.39, 0.29) is 16.3 Å². The fourth-order valence-corrected chi connectivity index (χ4v) is 3.14. The summed E-state index contributed by atoms with van der Waals surface area (Å²) in [7, 11) is -3.40. The minimum Gasteiger partial charge on any atom is -0.321 e. The zero-order valence-corrected chi connectivity index (χ0v) is 13.6. The summed E-state index contributed by atoms with van der Waals surface area (Å²) in [6.45, 7) is 1.56. The number of sulfone groups is 1. The number of amides is 1. The summed E-state index contributed by atoms with van der Waals surface area (Å²) in [5.74, 6) is -0.444. The maximum atomic E-state index is 12.2. The number of carbonyl (C=O) groups excluding carboxylic acids is 1. The minimum atomic E-state index is -3.40. The van der Waals surface area contributed by atoms with Gasteiger partial charge >= 0.3 is 0 Å². The lowest BCUT2D eigenvalue weighted by Crippen LogP contribution is -2.15. The van der Waals surface area contributed by atoms with Gasteiger partial charge in [-0.25, -0.2) is 8.42 Å². The summed E-state index contributed by atoms with van der Waals surface area (Å²) in [5.41, 5.74) is 0.609. The van der Waals surface area contributed by atoms with Crippen molar-refractivity contribution in [3.05, 3.63) is 52.8 Å². The summed E-state index contributed by atoms with van der Waals surface area (Å²) in [6.07, 6.45) is 2.98. The van der Waals surface area contributed by atoms with Gasteiger partial charge in [-0.1, -0.05) is 19.1 Å². The lowest BCUT2D eigenvalue weighted by molar-refractivity contribution is 0.102. The molecule has 0 aliphatic carbocycles. The van der Waals surface area contributed by atoms with Crippen LogP contribution in [-0.2, 0) is 9.84 Å². The Morgan fingerprint density at radius 1 is 1.29 bits per heavy atom. The van der Waals surface area contributed by atoms with Gasteiger partial charge in [-0.05, 0) is 34.1 Å². The van der Waals surface area contributed by atoms with E-state index in [2.05, 4.69) is 26.2 Å². The quantitative estimate of drug-likeness (QED) is 0.899. The first-order valence-corrected chi connectivity index (χ1v) is 8.62. The molecule has 1 amide bonds. The molecule has 1 aromatic heterocycles. The molecule has 0 saturated heterocycles.